The Hall–Kier alpha value is -6.39. The summed E-state index contributed by atoms with van der Waals surface area (Å²) < 4.78 is 84.6. The first-order valence-corrected chi connectivity index (χ1v) is 15.0. The lowest BCUT2D eigenvalue weighted by Crippen LogP contribution is -2.00. The minimum atomic E-state index is -0.532. The van der Waals surface area contributed by atoms with Crippen LogP contribution in [0.25, 0.3) is 78.3 Å². The first-order chi connectivity index (χ1) is 27.0. The number of ether oxygens (including phenoxy) is 1. The van der Waals surface area contributed by atoms with Crippen molar-refractivity contribution in [1.82, 2.24) is 15.0 Å². The molecule has 4 nitrogen and oxygen atoms in total. The molecule has 0 unspecified atom stereocenters. The van der Waals surface area contributed by atoms with E-state index in [1.807, 2.05) is 84.9 Å². The topological polar surface area (TPSA) is 47.9 Å². The summed E-state index contributed by atoms with van der Waals surface area (Å²) in [6.07, 6.45) is 0. The SMILES string of the molecule is [2H]c1c([2H])c(-c2ccc(-c3nc(-c4ccccc4)nc(-c4ccc(-c5ccccc5)cc4)n3)cc2)c([2H])c2c1Oc1c([2H])c([2H])c([2H])c3c([2H])c([2H])c([2H])c-2c13. The van der Waals surface area contributed by atoms with Gasteiger partial charge >= 0.3 is 0 Å². The van der Waals surface area contributed by atoms with Crippen LogP contribution < -0.4 is 4.74 Å². The van der Waals surface area contributed by atoms with Gasteiger partial charge in [-0.25, -0.2) is 15.0 Å². The van der Waals surface area contributed by atoms with E-state index >= 15 is 0 Å². The molecule has 1 aliphatic heterocycles. The zero-order valence-corrected chi connectivity index (χ0v) is 24.6. The van der Waals surface area contributed by atoms with Crippen LogP contribution in [0.15, 0.2) is 164 Å². The summed E-state index contributed by atoms with van der Waals surface area (Å²) >= 11 is 0. The first kappa shape index (κ1) is 19.2. The summed E-state index contributed by atoms with van der Waals surface area (Å²) in [7, 11) is 0. The van der Waals surface area contributed by atoms with Crippen molar-refractivity contribution < 1.29 is 17.1 Å². The molecule has 0 radical (unpaired) electrons. The highest BCUT2D eigenvalue weighted by Gasteiger charge is 2.20. The Morgan fingerprint density at radius 3 is 1.51 bits per heavy atom. The Kier molecular flexibility index (Phi) is 4.57. The van der Waals surface area contributed by atoms with Gasteiger partial charge in [-0.15, -0.1) is 0 Å². The van der Waals surface area contributed by atoms with Gasteiger partial charge in [0.05, 0.1) is 12.3 Å². The Morgan fingerprint density at radius 1 is 0.404 bits per heavy atom. The summed E-state index contributed by atoms with van der Waals surface area (Å²) in [6.45, 7) is 0. The van der Waals surface area contributed by atoms with E-state index in [-0.39, 0.29) is 51.0 Å². The average Bonchev–Trinajstić information content (AvgIpc) is 3.24. The summed E-state index contributed by atoms with van der Waals surface area (Å²) in [5, 5.41) is -0.149. The summed E-state index contributed by atoms with van der Waals surface area (Å²) in [5.41, 5.74) is 4.76. The number of hydrogen-bond donors (Lipinski definition) is 0. The number of rotatable bonds is 5. The maximum atomic E-state index is 9.37. The van der Waals surface area contributed by atoms with E-state index in [2.05, 4.69) is 0 Å². The monoisotopic (exact) mass is 610 g/mol. The molecule has 0 bridgehead atoms. The predicted molar refractivity (Wildman–Crippen MR) is 190 cm³/mol. The van der Waals surface area contributed by atoms with Gasteiger partial charge in [0.15, 0.2) is 17.5 Å². The molecule has 0 N–H and O–H groups in total. The molecular weight excluding hydrogens is 574 g/mol. The molecule has 0 spiro atoms. The van der Waals surface area contributed by atoms with Gasteiger partial charge in [0.1, 0.15) is 11.5 Å². The quantitative estimate of drug-likeness (QED) is 0.194. The van der Waals surface area contributed by atoms with Crippen molar-refractivity contribution in [3.8, 4) is 79.0 Å². The van der Waals surface area contributed by atoms with Gasteiger partial charge in [0.25, 0.3) is 0 Å². The van der Waals surface area contributed by atoms with Gasteiger partial charge in [-0.1, -0.05) is 145 Å². The van der Waals surface area contributed by atoms with Crippen LogP contribution in [-0.2, 0) is 0 Å². The number of hydrogen-bond acceptors (Lipinski definition) is 4. The van der Waals surface area contributed by atoms with Crippen LogP contribution >= 0.6 is 0 Å². The molecule has 0 saturated heterocycles. The highest BCUT2D eigenvalue weighted by molar-refractivity contribution is 6.04. The second-order valence-corrected chi connectivity index (χ2v) is 11.0. The van der Waals surface area contributed by atoms with E-state index in [0.29, 0.717) is 28.6 Å². The molecule has 8 aromatic rings. The van der Waals surface area contributed by atoms with Crippen LogP contribution in [0.5, 0.6) is 11.5 Å². The summed E-state index contributed by atoms with van der Waals surface area (Å²) in [4.78, 5) is 14.5. The van der Waals surface area contributed by atoms with Gasteiger partial charge in [-0.3, -0.25) is 0 Å². The van der Waals surface area contributed by atoms with Gasteiger partial charge in [-0.05, 0) is 51.3 Å². The Balaban J connectivity index is 1.17. The standard InChI is InChI=1S/C43H27N3O/c1-3-9-28(10-4-1)29-17-21-33(22-18-29)42-44-41(32-11-5-2-6-12-32)45-43(46-42)34-23-19-30(20-24-34)35-25-26-38-37(27-35)36-15-7-13-31-14-8-16-39(47-38)40(31)36/h1-27H/i7D,8D,13D,14D,15D,16D,25D,26D,27D. The lowest BCUT2D eigenvalue weighted by molar-refractivity contribution is 0.487. The Morgan fingerprint density at radius 2 is 0.894 bits per heavy atom. The molecule has 0 saturated carbocycles. The number of aromatic nitrogens is 3. The van der Waals surface area contributed by atoms with E-state index in [0.717, 1.165) is 22.3 Å². The fraction of sp³-hybridized carbons (Fsp3) is 0. The molecule has 2 heterocycles. The third-order valence-electron chi connectivity index (χ3n) is 8.05. The molecule has 7 aromatic carbocycles. The fourth-order valence-electron chi connectivity index (χ4n) is 5.68. The molecule has 47 heavy (non-hydrogen) atoms. The average molecular weight is 611 g/mol. The van der Waals surface area contributed by atoms with Crippen molar-refractivity contribution in [3.63, 3.8) is 0 Å². The Bertz CT molecular complexity index is 2900. The highest BCUT2D eigenvalue weighted by Crippen LogP contribution is 2.47. The summed E-state index contributed by atoms with van der Waals surface area (Å²) in [5.74, 6) is 0.850. The maximum absolute atomic E-state index is 9.37. The number of fused-ring (bicyclic) bond motifs is 2. The van der Waals surface area contributed by atoms with Crippen LogP contribution in [0.4, 0.5) is 0 Å². The molecule has 0 atom stereocenters. The van der Waals surface area contributed by atoms with Crippen molar-refractivity contribution in [2.24, 2.45) is 0 Å². The Labute approximate surface area is 285 Å². The summed E-state index contributed by atoms with van der Waals surface area (Å²) in [6, 6.07) is 30.6. The van der Waals surface area contributed by atoms with Crippen molar-refractivity contribution in [2.45, 2.75) is 0 Å². The molecule has 0 fully saturated rings. The van der Waals surface area contributed by atoms with Gasteiger partial charge in [0, 0.05) is 27.6 Å². The molecule has 1 aliphatic rings. The minimum absolute atomic E-state index is 0.00371. The van der Waals surface area contributed by atoms with Crippen LogP contribution in [0, 0.1) is 0 Å². The molecule has 4 heteroatoms. The van der Waals surface area contributed by atoms with E-state index < -0.39 is 42.3 Å². The van der Waals surface area contributed by atoms with Crippen LogP contribution in [-0.4, -0.2) is 15.0 Å². The van der Waals surface area contributed by atoms with E-state index in [1.54, 1.807) is 24.3 Å². The minimum Gasteiger partial charge on any atom is -0.456 e. The maximum Gasteiger partial charge on any atom is 0.164 e. The van der Waals surface area contributed by atoms with E-state index in [9.17, 15) is 1.37 Å². The second-order valence-electron chi connectivity index (χ2n) is 11.0. The molecular formula is C43H27N3O. The van der Waals surface area contributed by atoms with E-state index in [1.165, 1.54) is 0 Å². The van der Waals surface area contributed by atoms with Crippen molar-refractivity contribution >= 4 is 10.8 Å². The smallest absolute Gasteiger partial charge is 0.164 e. The third-order valence-corrected chi connectivity index (χ3v) is 8.05. The lowest BCUT2D eigenvalue weighted by atomic mass is 9.92. The normalized spacial score (nSPS) is 14.3. The van der Waals surface area contributed by atoms with Crippen LogP contribution in [0.1, 0.15) is 12.3 Å². The predicted octanol–water partition coefficient (Wildman–Crippen LogP) is 11.1. The third kappa shape index (κ3) is 4.93. The molecule has 0 aliphatic carbocycles. The van der Waals surface area contributed by atoms with Gasteiger partial charge in [-0.2, -0.15) is 0 Å². The van der Waals surface area contributed by atoms with Gasteiger partial charge in [0.2, 0.25) is 0 Å². The van der Waals surface area contributed by atoms with Gasteiger partial charge < -0.3 is 4.74 Å². The number of nitrogens with zero attached hydrogens (tertiary/aromatic N) is 3. The first-order valence-electron chi connectivity index (χ1n) is 19.5. The zero-order valence-electron chi connectivity index (χ0n) is 33.6. The molecule has 1 aromatic heterocycles. The van der Waals surface area contributed by atoms with E-state index in [4.69, 9.17) is 30.7 Å². The zero-order chi connectivity index (χ0) is 39.0. The lowest BCUT2D eigenvalue weighted by Gasteiger charge is -2.22. The van der Waals surface area contributed by atoms with Crippen molar-refractivity contribution in [3.05, 3.63) is 164 Å². The highest BCUT2D eigenvalue weighted by atomic mass is 16.5. The fourth-order valence-corrected chi connectivity index (χ4v) is 5.68. The largest absolute Gasteiger partial charge is 0.456 e. The molecule has 0 amide bonds. The van der Waals surface area contributed by atoms with Crippen molar-refractivity contribution in [2.75, 3.05) is 0 Å². The van der Waals surface area contributed by atoms with Crippen LogP contribution in [0.3, 0.4) is 0 Å². The molecule has 9 rings (SSSR count). The number of benzene rings is 7. The van der Waals surface area contributed by atoms with Crippen molar-refractivity contribution in [1.29, 1.82) is 0 Å². The van der Waals surface area contributed by atoms with Crippen LogP contribution in [0.2, 0.25) is 0 Å². The second kappa shape index (κ2) is 11.2. The molecule has 220 valence electrons.